The van der Waals surface area contributed by atoms with Crippen LogP contribution in [0.3, 0.4) is 0 Å². The number of likely N-dealkylation sites (N-methyl/N-ethyl adjacent to an activating group) is 1. The molecule has 0 aliphatic carbocycles. The molecule has 2 N–H and O–H groups in total. The van der Waals surface area contributed by atoms with Gasteiger partial charge in [0.15, 0.2) is 0 Å². The highest BCUT2D eigenvalue weighted by atomic mass is 35.5. The number of anilines is 1. The van der Waals surface area contributed by atoms with Gasteiger partial charge in [0.05, 0.1) is 24.8 Å². The Morgan fingerprint density at radius 1 is 1.07 bits per heavy atom. The van der Waals surface area contributed by atoms with Gasteiger partial charge in [0.2, 0.25) is 11.8 Å². The number of hydrogen-bond acceptors (Lipinski definition) is 4. The van der Waals surface area contributed by atoms with E-state index in [1.165, 1.54) is 0 Å². The fourth-order valence-electron chi connectivity index (χ4n) is 2.61. The van der Waals surface area contributed by atoms with Crippen molar-refractivity contribution in [2.24, 2.45) is 0 Å². The number of halogens is 1. The number of para-hydroxylation sites is 1. The quantitative estimate of drug-likeness (QED) is 0.655. The van der Waals surface area contributed by atoms with Crippen LogP contribution in [0.25, 0.3) is 0 Å². The predicted molar refractivity (Wildman–Crippen MR) is 112 cm³/mol. The molecule has 0 saturated carbocycles. The number of carbonyl (C=O) groups is 2. The van der Waals surface area contributed by atoms with E-state index in [0.29, 0.717) is 5.02 Å². The van der Waals surface area contributed by atoms with Crippen molar-refractivity contribution in [3.8, 4) is 0 Å². The molecule has 2 rings (SSSR count). The number of amides is 2. The van der Waals surface area contributed by atoms with Gasteiger partial charge in [-0.05, 0) is 50.1 Å². The molecule has 0 fully saturated rings. The smallest absolute Gasteiger partial charge is 0.238 e. The van der Waals surface area contributed by atoms with Gasteiger partial charge in [-0.3, -0.25) is 14.5 Å². The Hall–Kier alpha value is -2.02. The van der Waals surface area contributed by atoms with Crippen molar-refractivity contribution >= 4 is 40.9 Å². The summed E-state index contributed by atoms with van der Waals surface area (Å²) in [5, 5.41) is 6.48. The van der Waals surface area contributed by atoms with E-state index >= 15 is 0 Å². The first kappa shape index (κ1) is 21.3. The highest BCUT2D eigenvalue weighted by molar-refractivity contribution is 7.98. The van der Waals surface area contributed by atoms with Crippen molar-refractivity contribution in [2.75, 3.05) is 31.7 Å². The number of benzene rings is 2. The van der Waals surface area contributed by atoms with Gasteiger partial charge < -0.3 is 10.6 Å². The van der Waals surface area contributed by atoms with Crippen molar-refractivity contribution in [3.05, 3.63) is 59.1 Å². The van der Waals surface area contributed by atoms with Crippen LogP contribution in [-0.2, 0) is 9.59 Å². The second-order valence-electron chi connectivity index (χ2n) is 6.26. The molecule has 0 saturated heterocycles. The van der Waals surface area contributed by atoms with Crippen LogP contribution in [0.1, 0.15) is 18.5 Å². The minimum Gasteiger partial charge on any atom is -0.348 e. The number of carbonyl (C=O) groups excluding carboxylic acids is 2. The Bertz CT molecular complexity index is 783. The molecule has 0 aromatic heterocycles. The van der Waals surface area contributed by atoms with Crippen LogP contribution in [0.5, 0.6) is 0 Å². The van der Waals surface area contributed by atoms with E-state index in [1.54, 1.807) is 35.8 Å². The first-order valence-corrected chi connectivity index (χ1v) is 10.2. The number of nitrogens with zero attached hydrogens (tertiary/aromatic N) is 1. The van der Waals surface area contributed by atoms with Gasteiger partial charge in [-0.15, -0.1) is 11.8 Å². The van der Waals surface area contributed by atoms with Gasteiger partial charge in [0.25, 0.3) is 0 Å². The second-order valence-corrected chi connectivity index (χ2v) is 7.55. The lowest BCUT2D eigenvalue weighted by atomic mass is 10.1. The molecule has 0 aliphatic rings. The van der Waals surface area contributed by atoms with Crippen LogP contribution in [0.2, 0.25) is 5.02 Å². The maximum atomic E-state index is 12.2. The Kier molecular flexibility index (Phi) is 8.16. The summed E-state index contributed by atoms with van der Waals surface area (Å²) in [6.45, 7) is 2.17. The van der Waals surface area contributed by atoms with E-state index in [9.17, 15) is 9.59 Å². The van der Waals surface area contributed by atoms with Gasteiger partial charge in [-0.1, -0.05) is 35.9 Å². The molecular weight excluding hydrogens is 382 g/mol. The summed E-state index contributed by atoms with van der Waals surface area (Å²) in [6, 6.07) is 14.8. The summed E-state index contributed by atoms with van der Waals surface area (Å²) >= 11 is 7.45. The number of thioether (sulfide) groups is 1. The third kappa shape index (κ3) is 6.90. The molecule has 1 atom stereocenters. The molecule has 144 valence electrons. The fourth-order valence-corrected chi connectivity index (χ4v) is 3.29. The highest BCUT2D eigenvalue weighted by Gasteiger charge is 2.14. The summed E-state index contributed by atoms with van der Waals surface area (Å²) in [5.74, 6) is -0.296. The molecule has 7 heteroatoms. The SMILES string of the molecule is CSc1ccccc1NC(=O)CN(C)CC(=O)NC(C)c1ccc(Cl)cc1. The zero-order valence-electron chi connectivity index (χ0n) is 15.7. The van der Waals surface area contributed by atoms with E-state index in [0.717, 1.165) is 16.1 Å². The Morgan fingerprint density at radius 3 is 2.37 bits per heavy atom. The third-order valence-corrected chi connectivity index (χ3v) is 5.00. The summed E-state index contributed by atoms with van der Waals surface area (Å²) in [7, 11) is 1.74. The van der Waals surface area contributed by atoms with Crippen molar-refractivity contribution < 1.29 is 9.59 Å². The lowest BCUT2D eigenvalue weighted by Crippen LogP contribution is -2.39. The third-order valence-electron chi connectivity index (χ3n) is 3.96. The van der Waals surface area contributed by atoms with Crippen molar-refractivity contribution in [3.63, 3.8) is 0 Å². The van der Waals surface area contributed by atoms with Crippen LogP contribution >= 0.6 is 23.4 Å². The Morgan fingerprint density at radius 2 is 1.70 bits per heavy atom. The highest BCUT2D eigenvalue weighted by Crippen LogP contribution is 2.24. The van der Waals surface area contributed by atoms with Crippen molar-refractivity contribution in [1.82, 2.24) is 10.2 Å². The van der Waals surface area contributed by atoms with Crippen molar-refractivity contribution in [2.45, 2.75) is 17.9 Å². The minimum absolute atomic E-state index is 0.130. The monoisotopic (exact) mass is 405 g/mol. The van der Waals surface area contributed by atoms with Gasteiger partial charge in [-0.2, -0.15) is 0 Å². The van der Waals surface area contributed by atoms with Gasteiger partial charge in [-0.25, -0.2) is 0 Å². The largest absolute Gasteiger partial charge is 0.348 e. The molecule has 0 aliphatic heterocycles. The second kappa shape index (κ2) is 10.3. The molecule has 0 heterocycles. The zero-order chi connectivity index (χ0) is 19.8. The van der Waals surface area contributed by atoms with Crippen LogP contribution in [-0.4, -0.2) is 43.1 Å². The molecule has 0 radical (unpaired) electrons. The summed E-state index contributed by atoms with van der Waals surface area (Å²) in [6.07, 6.45) is 1.96. The van der Waals surface area contributed by atoms with Crippen LogP contribution in [0.4, 0.5) is 5.69 Å². The standard InChI is InChI=1S/C20H24ClN3O2S/c1-14(15-8-10-16(21)11-9-15)22-19(25)12-24(2)13-20(26)23-17-6-4-5-7-18(17)27-3/h4-11,14H,12-13H2,1-3H3,(H,22,25)(H,23,26). The Balaban J connectivity index is 1.81. The molecule has 2 aromatic carbocycles. The average molecular weight is 406 g/mol. The van der Waals surface area contributed by atoms with E-state index in [1.807, 2.05) is 49.6 Å². The van der Waals surface area contributed by atoms with Gasteiger partial charge >= 0.3 is 0 Å². The van der Waals surface area contributed by atoms with E-state index < -0.39 is 0 Å². The van der Waals surface area contributed by atoms with Gasteiger partial charge in [0, 0.05) is 9.92 Å². The molecule has 2 amide bonds. The van der Waals surface area contributed by atoms with Crippen LogP contribution in [0.15, 0.2) is 53.4 Å². The van der Waals surface area contributed by atoms with E-state index in [-0.39, 0.29) is 30.9 Å². The lowest BCUT2D eigenvalue weighted by molar-refractivity contribution is -0.123. The molecule has 5 nitrogen and oxygen atoms in total. The predicted octanol–water partition coefficient (Wildman–Crippen LogP) is 3.81. The topological polar surface area (TPSA) is 61.4 Å². The van der Waals surface area contributed by atoms with Crippen LogP contribution in [0, 0.1) is 0 Å². The van der Waals surface area contributed by atoms with Crippen molar-refractivity contribution in [1.29, 1.82) is 0 Å². The molecule has 27 heavy (non-hydrogen) atoms. The maximum Gasteiger partial charge on any atom is 0.238 e. The van der Waals surface area contributed by atoms with E-state index in [2.05, 4.69) is 10.6 Å². The molecule has 0 bridgehead atoms. The number of hydrogen-bond donors (Lipinski definition) is 2. The minimum atomic E-state index is -0.155. The fraction of sp³-hybridized carbons (Fsp3) is 0.300. The number of nitrogens with one attached hydrogen (secondary N) is 2. The van der Waals surface area contributed by atoms with E-state index in [4.69, 9.17) is 11.6 Å². The number of rotatable bonds is 8. The summed E-state index contributed by atoms with van der Waals surface area (Å²) in [5.41, 5.74) is 1.76. The zero-order valence-corrected chi connectivity index (χ0v) is 17.2. The average Bonchev–Trinajstić information content (AvgIpc) is 2.62. The molecule has 1 unspecified atom stereocenters. The molecule has 2 aromatic rings. The summed E-state index contributed by atoms with van der Waals surface area (Å²) in [4.78, 5) is 27.2. The molecule has 0 spiro atoms. The summed E-state index contributed by atoms with van der Waals surface area (Å²) < 4.78 is 0. The first-order valence-electron chi connectivity index (χ1n) is 8.55. The Labute approximate surface area is 169 Å². The maximum absolute atomic E-state index is 12.2. The lowest BCUT2D eigenvalue weighted by Gasteiger charge is -2.19. The van der Waals surface area contributed by atoms with Gasteiger partial charge in [0.1, 0.15) is 0 Å². The molecular formula is C20H24ClN3O2S. The van der Waals surface area contributed by atoms with Crippen LogP contribution < -0.4 is 10.6 Å². The normalized spacial score (nSPS) is 11.9. The first-order chi connectivity index (χ1) is 12.9.